The van der Waals surface area contributed by atoms with Crippen LogP contribution < -0.4 is 10.1 Å². The number of halogens is 2. The fourth-order valence-electron chi connectivity index (χ4n) is 3.83. The number of morpholine rings is 1. The first-order valence-corrected chi connectivity index (χ1v) is 11.0. The van der Waals surface area contributed by atoms with Crippen molar-refractivity contribution < 1.29 is 13.9 Å². The van der Waals surface area contributed by atoms with Gasteiger partial charge in [-0.1, -0.05) is 24.2 Å². The average Bonchev–Trinajstić information content (AvgIpc) is 2.81. The molecule has 0 radical (unpaired) electrons. The van der Waals surface area contributed by atoms with Crippen molar-refractivity contribution in [3.63, 3.8) is 0 Å². The highest BCUT2D eigenvalue weighted by Crippen LogP contribution is 2.25. The van der Waals surface area contributed by atoms with Gasteiger partial charge < -0.3 is 14.8 Å². The molecule has 4 rings (SSSR count). The first-order valence-electron chi connectivity index (χ1n) is 10.6. The highest BCUT2D eigenvalue weighted by atomic mass is 35.5. The maximum atomic E-state index is 13.7. The van der Waals surface area contributed by atoms with Crippen LogP contribution in [0.5, 0.6) is 5.88 Å². The van der Waals surface area contributed by atoms with E-state index in [1.54, 1.807) is 12.3 Å². The molecule has 1 N–H and O–H groups in total. The van der Waals surface area contributed by atoms with E-state index in [0.29, 0.717) is 23.0 Å². The molecular formula is C24H26ClFN4O2. The van der Waals surface area contributed by atoms with Gasteiger partial charge in [-0.15, -0.1) is 0 Å². The third-order valence-electron chi connectivity index (χ3n) is 5.39. The molecule has 168 valence electrons. The van der Waals surface area contributed by atoms with Gasteiger partial charge in [0.1, 0.15) is 12.4 Å². The van der Waals surface area contributed by atoms with Crippen LogP contribution in [0, 0.1) is 5.82 Å². The number of hydrogen-bond donors (Lipinski definition) is 1. The molecule has 1 fully saturated rings. The Bertz CT molecular complexity index is 1060. The number of pyridine rings is 2. The smallest absolute Gasteiger partial charge is 0.218 e. The van der Waals surface area contributed by atoms with E-state index in [0.717, 1.165) is 49.4 Å². The SMILES string of the molecule is C=C(Cl)COc1nc2cc(F)ccc2cc1CNCC(c1cccnc1)N1CCOCC1. The van der Waals surface area contributed by atoms with E-state index in [9.17, 15) is 4.39 Å². The normalized spacial score (nSPS) is 15.6. The van der Waals surface area contributed by atoms with Gasteiger partial charge in [-0.3, -0.25) is 9.88 Å². The molecule has 0 amide bonds. The number of rotatable bonds is 9. The molecule has 1 unspecified atom stereocenters. The average molecular weight is 457 g/mol. The molecule has 0 aliphatic carbocycles. The first-order chi connectivity index (χ1) is 15.6. The molecule has 1 atom stereocenters. The molecule has 1 aromatic carbocycles. The van der Waals surface area contributed by atoms with Crippen LogP contribution >= 0.6 is 11.6 Å². The lowest BCUT2D eigenvalue weighted by molar-refractivity contribution is 0.0160. The fourth-order valence-corrected chi connectivity index (χ4v) is 3.88. The standard InChI is InChI=1S/C24H26ClFN4O2/c1-17(25)16-32-24-20(11-18-4-5-21(26)12-22(18)29-24)14-28-15-23(19-3-2-6-27-13-19)30-7-9-31-10-8-30/h2-6,11-13,23,28H,1,7-10,14-16H2. The van der Waals surface area contributed by atoms with Crippen molar-refractivity contribution in [3.8, 4) is 5.88 Å². The van der Waals surface area contributed by atoms with Gasteiger partial charge in [-0.2, -0.15) is 0 Å². The lowest BCUT2D eigenvalue weighted by Gasteiger charge is -2.34. The number of nitrogens with zero attached hydrogens (tertiary/aromatic N) is 3. The maximum Gasteiger partial charge on any atom is 0.218 e. The summed E-state index contributed by atoms with van der Waals surface area (Å²) >= 11 is 5.88. The molecule has 8 heteroatoms. The molecule has 0 bridgehead atoms. The van der Waals surface area contributed by atoms with Gasteiger partial charge in [0.15, 0.2) is 0 Å². The minimum Gasteiger partial charge on any atom is -0.472 e. The summed E-state index contributed by atoms with van der Waals surface area (Å²) in [5, 5.41) is 4.76. The Hall–Kier alpha value is -2.58. The zero-order valence-corrected chi connectivity index (χ0v) is 18.5. The molecule has 32 heavy (non-hydrogen) atoms. The Morgan fingerprint density at radius 2 is 2.12 bits per heavy atom. The van der Waals surface area contributed by atoms with Crippen molar-refractivity contribution in [3.05, 3.63) is 77.3 Å². The van der Waals surface area contributed by atoms with Crippen LogP contribution in [0.3, 0.4) is 0 Å². The monoisotopic (exact) mass is 456 g/mol. The number of nitrogens with one attached hydrogen (secondary N) is 1. The molecule has 1 aliphatic heterocycles. The lowest BCUT2D eigenvalue weighted by atomic mass is 10.1. The van der Waals surface area contributed by atoms with Crippen molar-refractivity contribution >= 4 is 22.5 Å². The van der Waals surface area contributed by atoms with Gasteiger partial charge in [-0.25, -0.2) is 9.37 Å². The van der Waals surface area contributed by atoms with Gasteiger partial charge in [0.2, 0.25) is 5.88 Å². The molecule has 2 aromatic heterocycles. The Balaban J connectivity index is 1.52. The summed E-state index contributed by atoms with van der Waals surface area (Å²) in [6, 6.07) is 10.7. The molecule has 0 spiro atoms. The van der Waals surface area contributed by atoms with Gasteiger partial charge in [0, 0.05) is 66.7 Å². The zero-order valence-electron chi connectivity index (χ0n) is 17.8. The highest BCUT2D eigenvalue weighted by molar-refractivity contribution is 6.29. The Morgan fingerprint density at radius 3 is 2.88 bits per heavy atom. The van der Waals surface area contributed by atoms with Crippen LogP contribution in [0.2, 0.25) is 0 Å². The molecular weight excluding hydrogens is 431 g/mol. The van der Waals surface area contributed by atoms with E-state index in [1.165, 1.54) is 12.1 Å². The Kier molecular flexibility index (Phi) is 7.65. The molecule has 3 heterocycles. The topological polar surface area (TPSA) is 59.5 Å². The van der Waals surface area contributed by atoms with E-state index in [-0.39, 0.29) is 18.5 Å². The molecule has 1 saturated heterocycles. The van der Waals surface area contributed by atoms with E-state index in [4.69, 9.17) is 21.1 Å². The summed E-state index contributed by atoms with van der Waals surface area (Å²) in [7, 11) is 0. The minimum atomic E-state index is -0.339. The zero-order chi connectivity index (χ0) is 22.3. The quantitative estimate of drug-likeness (QED) is 0.524. The number of ether oxygens (including phenoxy) is 2. The number of benzene rings is 1. The van der Waals surface area contributed by atoms with Gasteiger partial charge in [0.05, 0.1) is 18.7 Å². The van der Waals surface area contributed by atoms with Crippen LogP contribution in [0.25, 0.3) is 10.9 Å². The summed E-state index contributed by atoms with van der Waals surface area (Å²) < 4.78 is 25.0. The third-order valence-corrected chi connectivity index (χ3v) is 5.50. The van der Waals surface area contributed by atoms with E-state index >= 15 is 0 Å². The van der Waals surface area contributed by atoms with Crippen molar-refractivity contribution in [1.82, 2.24) is 20.2 Å². The Morgan fingerprint density at radius 1 is 1.28 bits per heavy atom. The molecule has 6 nitrogen and oxygen atoms in total. The van der Waals surface area contributed by atoms with Gasteiger partial charge in [0.25, 0.3) is 0 Å². The summed E-state index contributed by atoms with van der Waals surface area (Å²) in [4.78, 5) is 11.2. The van der Waals surface area contributed by atoms with Crippen LogP contribution in [-0.4, -0.2) is 54.3 Å². The second-order valence-corrected chi connectivity index (χ2v) is 8.21. The van der Waals surface area contributed by atoms with Crippen LogP contribution in [0.4, 0.5) is 4.39 Å². The van der Waals surface area contributed by atoms with E-state index < -0.39 is 0 Å². The van der Waals surface area contributed by atoms with E-state index in [1.807, 2.05) is 18.3 Å². The molecule has 1 aliphatic rings. The summed E-state index contributed by atoms with van der Waals surface area (Å²) in [5.74, 6) is 0.0788. The number of fused-ring (bicyclic) bond motifs is 1. The van der Waals surface area contributed by atoms with Crippen LogP contribution in [0.15, 0.2) is 60.4 Å². The fraction of sp³-hybridized carbons (Fsp3) is 0.333. The number of aromatic nitrogens is 2. The van der Waals surface area contributed by atoms with Crippen LogP contribution in [0.1, 0.15) is 17.2 Å². The Labute approximate surface area is 192 Å². The predicted molar refractivity (Wildman–Crippen MR) is 123 cm³/mol. The second-order valence-electron chi connectivity index (χ2n) is 7.68. The summed E-state index contributed by atoms with van der Waals surface area (Å²) in [6.45, 7) is 8.24. The van der Waals surface area contributed by atoms with Crippen molar-refractivity contribution in [2.24, 2.45) is 0 Å². The lowest BCUT2D eigenvalue weighted by Crippen LogP contribution is -2.42. The van der Waals surface area contributed by atoms with Gasteiger partial charge >= 0.3 is 0 Å². The van der Waals surface area contributed by atoms with Gasteiger partial charge in [-0.05, 0) is 29.8 Å². The van der Waals surface area contributed by atoms with Crippen molar-refractivity contribution in [2.75, 3.05) is 39.5 Å². The van der Waals surface area contributed by atoms with Crippen LogP contribution in [-0.2, 0) is 11.3 Å². The largest absolute Gasteiger partial charge is 0.472 e. The summed E-state index contributed by atoms with van der Waals surface area (Å²) in [5.41, 5.74) is 2.56. The summed E-state index contributed by atoms with van der Waals surface area (Å²) in [6.07, 6.45) is 3.69. The maximum absolute atomic E-state index is 13.7. The molecule has 0 saturated carbocycles. The number of hydrogen-bond acceptors (Lipinski definition) is 6. The second kappa shape index (κ2) is 10.8. The third kappa shape index (κ3) is 5.81. The molecule has 3 aromatic rings. The predicted octanol–water partition coefficient (Wildman–Crippen LogP) is 4.06. The highest BCUT2D eigenvalue weighted by Gasteiger charge is 2.22. The first kappa shape index (κ1) is 22.6. The van der Waals surface area contributed by atoms with Crippen molar-refractivity contribution in [1.29, 1.82) is 0 Å². The minimum absolute atomic E-state index is 0.133. The van der Waals surface area contributed by atoms with Crippen molar-refractivity contribution in [2.45, 2.75) is 12.6 Å². The van der Waals surface area contributed by atoms with E-state index in [2.05, 4.69) is 32.8 Å².